The van der Waals surface area contributed by atoms with Gasteiger partial charge in [-0.1, -0.05) is 25.8 Å². The van der Waals surface area contributed by atoms with Crippen LogP contribution in [0.2, 0.25) is 0 Å². The van der Waals surface area contributed by atoms with Gasteiger partial charge in [0.1, 0.15) is 0 Å². The number of hydrogen-bond donors (Lipinski definition) is 2. The third-order valence-corrected chi connectivity index (χ3v) is 0.888. The molecule has 54 valence electrons. The second-order valence-electron chi connectivity index (χ2n) is 1.69. The van der Waals surface area contributed by atoms with E-state index in [1.807, 2.05) is 0 Å². The molecule has 0 bridgehead atoms. The number of nitrogens with one attached hydrogen (secondary N) is 1. The summed E-state index contributed by atoms with van der Waals surface area (Å²) in [6, 6.07) is 0. The summed E-state index contributed by atoms with van der Waals surface area (Å²) in [5.74, 6) is 0. The molecule has 0 heterocycles. The van der Waals surface area contributed by atoms with E-state index in [9.17, 15) is 0 Å². The molecule has 0 aromatic carbocycles. The SMILES string of the molecule is C=C/C=C(\NC=C)C(=C)N. The van der Waals surface area contributed by atoms with Crippen molar-refractivity contribution in [3.05, 3.63) is 49.5 Å². The van der Waals surface area contributed by atoms with Gasteiger partial charge in [-0.25, -0.2) is 0 Å². The van der Waals surface area contributed by atoms with E-state index in [2.05, 4.69) is 25.1 Å². The van der Waals surface area contributed by atoms with Gasteiger partial charge in [0, 0.05) is 5.70 Å². The molecule has 0 amide bonds. The van der Waals surface area contributed by atoms with Crippen LogP contribution in [0.4, 0.5) is 0 Å². The van der Waals surface area contributed by atoms with E-state index in [0.717, 1.165) is 5.70 Å². The zero-order valence-corrected chi connectivity index (χ0v) is 5.93. The minimum Gasteiger partial charge on any atom is -0.398 e. The molecule has 0 spiro atoms. The molecule has 2 nitrogen and oxygen atoms in total. The van der Waals surface area contributed by atoms with Crippen LogP contribution in [0.5, 0.6) is 0 Å². The topological polar surface area (TPSA) is 38.0 Å². The Labute approximate surface area is 61.4 Å². The Morgan fingerprint density at radius 2 is 2.00 bits per heavy atom. The van der Waals surface area contributed by atoms with E-state index in [1.165, 1.54) is 6.20 Å². The maximum Gasteiger partial charge on any atom is 0.0606 e. The second kappa shape index (κ2) is 4.44. The van der Waals surface area contributed by atoms with Crippen LogP contribution in [0.15, 0.2) is 49.5 Å². The molecule has 3 N–H and O–H groups in total. The van der Waals surface area contributed by atoms with Gasteiger partial charge in [-0.3, -0.25) is 0 Å². The van der Waals surface area contributed by atoms with Crippen LogP contribution in [0.1, 0.15) is 0 Å². The van der Waals surface area contributed by atoms with Crippen LogP contribution in [0, 0.1) is 0 Å². The quantitative estimate of drug-likeness (QED) is 0.571. The predicted molar refractivity (Wildman–Crippen MR) is 44.9 cm³/mol. The predicted octanol–water partition coefficient (Wildman–Crippen LogP) is 1.26. The molecule has 0 saturated heterocycles. The molecule has 0 unspecified atom stereocenters. The Balaban J connectivity index is 4.24. The van der Waals surface area contributed by atoms with Gasteiger partial charge >= 0.3 is 0 Å². The first-order chi connectivity index (χ1) is 4.72. The van der Waals surface area contributed by atoms with Crippen molar-refractivity contribution in [1.82, 2.24) is 5.32 Å². The van der Waals surface area contributed by atoms with Crippen LogP contribution in [-0.2, 0) is 0 Å². The van der Waals surface area contributed by atoms with Crippen molar-refractivity contribution in [3.8, 4) is 0 Å². The average Bonchev–Trinajstić information content (AvgIpc) is 1.87. The molecular formula is C8H12N2. The van der Waals surface area contributed by atoms with Gasteiger partial charge in [0.25, 0.3) is 0 Å². The molecule has 0 fully saturated rings. The van der Waals surface area contributed by atoms with Crippen molar-refractivity contribution >= 4 is 0 Å². The van der Waals surface area contributed by atoms with E-state index >= 15 is 0 Å². The fraction of sp³-hybridized carbons (Fsp3) is 0. The molecule has 10 heavy (non-hydrogen) atoms. The van der Waals surface area contributed by atoms with E-state index in [1.54, 1.807) is 12.2 Å². The van der Waals surface area contributed by atoms with Crippen LogP contribution in [0.25, 0.3) is 0 Å². The molecule has 0 rings (SSSR count). The second-order valence-corrected chi connectivity index (χ2v) is 1.69. The number of hydrogen-bond acceptors (Lipinski definition) is 2. The smallest absolute Gasteiger partial charge is 0.0606 e. The molecule has 0 aromatic heterocycles. The summed E-state index contributed by atoms with van der Waals surface area (Å²) in [5.41, 5.74) is 6.59. The van der Waals surface area contributed by atoms with Crippen molar-refractivity contribution in [2.45, 2.75) is 0 Å². The maximum absolute atomic E-state index is 5.39. The monoisotopic (exact) mass is 136 g/mol. The molecule has 0 aliphatic heterocycles. The Morgan fingerprint density at radius 3 is 2.30 bits per heavy atom. The highest BCUT2D eigenvalue weighted by atomic mass is 14.9. The summed E-state index contributed by atoms with van der Waals surface area (Å²) in [7, 11) is 0. The Kier molecular flexibility index (Phi) is 3.80. The van der Waals surface area contributed by atoms with Crippen LogP contribution in [-0.4, -0.2) is 0 Å². The van der Waals surface area contributed by atoms with Gasteiger partial charge in [0.05, 0.1) is 5.70 Å². The highest BCUT2D eigenvalue weighted by molar-refractivity contribution is 5.27. The van der Waals surface area contributed by atoms with Crippen molar-refractivity contribution in [2.75, 3.05) is 0 Å². The number of allylic oxidation sites excluding steroid dienone is 2. The zero-order valence-electron chi connectivity index (χ0n) is 5.93. The van der Waals surface area contributed by atoms with Gasteiger partial charge in [-0.2, -0.15) is 0 Å². The molecule has 2 heteroatoms. The lowest BCUT2D eigenvalue weighted by molar-refractivity contribution is 1.06. The van der Waals surface area contributed by atoms with Gasteiger partial charge in [0.15, 0.2) is 0 Å². The first-order valence-electron chi connectivity index (χ1n) is 2.87. The summed E-state index contributed by atoms with van der Waals surface area (Å²) in [6.07, 6.45) is 4.89. The largest absolute Gasteiger partial charge is 0.398 e. The van der Waals surface area contributed by atoms with E-state index in [0.29, 0.717) is 5.70 Å². The zero-order chi connectivity index (χ0) is 7.98. The molecular weight excluding hydrogens is 124 g/mol. The van der Waals surface area contributed by atoms with Crippen LogP contribution < -0.4 is 11.1 Å². The summed E-state index contributed by atoms with van der Waals surface area (Å²) < 4.78 is 0. The standard InChI is InChI=1S/C8H12N2/c1-4-6-8(7(3)9)10-5-2/h4-6,10H,1-3,9H2/b8-6-. The molecule has 0 radical (unpaired) electrons. The minimum atomic E-state index is 0.472. The third kappa shape index (κ3) is 2.77. The lowest BCUT2D eigenvalue weighted by Gasteiger charge is -2.03. The van der Waals surface area contributed by atoms with E-state index in [4.69, 9.17) is 5.73 Å². The third-order valence-electron chi connectivity index (χ3n) is 0.888. The summed E-state index contributed by atoms with van der Waals surface area (Å²) in [5, 5.41) is 2.81. The summed E-state index contributed by atoms with van der Waals surface area (Å²) in [6.45, 7) is 10.5. The van der Waals surface area contributed by atoms with Crippen molar-refractivity contribution in [2.24, 2.45) is 5.73 Å². The van der Waals surface area contributed by atoms with Gasteiger partial charge in [-0.15, -0.1) is 0 Å². The molecule has 0 aliphatic carbocycles. The van der Waals surface area contributed by atoms with Crippen molar-refractivity contribution in [1.29, 1.82) is 0 Å². The maximum atomic E-state index is 5.39. The van der Waals surface area contributed by atoms with Crippen molar-refractivity contribution < 1.29 is 0 Å². The van der Waals surface area contributed by atoms with Gasteiger partial charge < -0.3 is 11.1 Å². The normalized spacial score (nSPS) is 10.2. The lowest BCUT2D eigenvalue weighted by atomic mass is 10.3. The molecule has 0 saturated carbocycles. The highest BCUT2D eigenvalue weighted by Crippen LogP contribution is 1.95. The fourth-order valence-corrected chi connectivity index (χ4v) is 0.476. The first kappa shape index (κ1) is 8.56. The first-order valence-corrected chi connectivity index (χ1v) is 2.87. The number of nitrogens with two attached hydrogens (primary N) is 1. The number of rotatable bonds is 4. The van der Waals surface area contributed by atoms with Crippen LogP contribution in [0.3, 0.4) is 0 Å². The Hall–Kier alpha value is -1.44. The molecule has 0 aliphatic rings. The Bertz CT molecular complexity index is 178. The summed E-state index contributed by atoms with van der Waals surface area (Å²) >= 11 is 0. The summed E-state index contributed by atoms with van der Waals surface area (Å²) in [4.78, 5) is 0. The Morgan fingerprint density at radius 1 is 1.40 bits per heavy atom. The van der Waals surface area contributed by atoms with Crippen LogP contribution >= 0.6 is 0 Å². The van der Waals surface area contributed by atoms with Gasteiger partial charge in [-0.05, 0) is 12.3 Å². The van der Waals surface area contributed by atoms with E-state index in [-0.39, 0.29) is 0 Å². The minimum absolute atomic E-state index is 0.472. The average molecular weight is 136 g/mol. The molecule has 0 atom stereocenters. The highest BCUT2D eigenvalue weighted by Gasteiger charge is 1.90. The van der Waals surface area contributed by atoms with E-state index < -0.39 is 0 Å². The molecule has 0 aromatic rings. The fourth-order valence-electron chi connectivity index (χ4n) is 0.476. The van der Waals surface area contributed by atoms with Crippen molar-refractivity contribution in [3.63, 3.8) is 0 Å². The lowest BCUT2D eigenvalue weighted by Crippen LogP contribution is -2.11. The van der Waals surface area contributed by atoms with Gasteiger partial charge in [0.2, 0.25) is 0 Å².